The number of H-pyrrole nitrogens is 1. The van der Waals surface area contributed by atoms with Crippen LogP contribution in [-0.4, -0.2) is 9.97 Å². The molecule has 1 aromatic carbocycles. The first kappa shape index (κ1) is 10.8. The van der Waals surface area contributed by atoms with Gasteiger partial charge in [-0.05, 0) is 24.6 Å². The number of nitrogens with zero attached hydrogens (tertiary/aromatic N) is 1. The second-order valence-electron chi connectivity index (χ2n) is 3.69. The van der Waals surface area contributed by atoms with Crippen molar-refractivity contribution in [1.29, 1.82) is 0 Å². The maximum absolute atomic E-state index is 12.7. The van der Waals surface area contributed by atoms with Gasteiger partial charge in [-0.3, -0.25) is 0 Å². The lowest BCUT2D eigenvalue weighted by molar-refractivity contribution is 0.559. The Morgan fingerprint density at radius 3 is 2.75 bits per heavy atom. The van der Waals surface area contributed by atoms with Crippen LogP contribution in [-0.2, 0) is 6.54 Å². The van der Waals surface area contributed by atoms with Gasteiger partial charge in [0.2, 0.25) is 0 Å². The van der Waals surface area contributed by atoms with E-state index in [1.54, 1.807) is 24.5 Å². The van der Waals surface area contributed by atoms with Crippen LogP contribution in [0, 0.1) is 5.82 Å². The fourth-order valence-electron chi connectivity index (χ4n) is 1.51. The molecule has 0 saturated carbocycles. The third kappa shape index (κ3) is 2.67. The first-order valence-corrected chi connectivity index (χ1v) is 5.23. The van der Waals surface area contributed by atoms with Crippen molar-refractivity contribution in [3.63, 3.8) is 0 Å². The molecular formula is C12H14FN3. The summed E-state index contributed by atoms with van der Waals surface area (Å²) < 4.78 is 12.7. The Balaban J connectivity index is 1.93. The standard InChI is InChI=1S/C12H14FN3/c1-9(10-2-4-11(13)5-3-10)16-8-12-14-6-7-15-12/h2-7,9,16H,8H2,1H3,(H,14,15)/t9-/m1/s1. The van der Waals surface area contributed by atoms with E-state index in [0.29, 0.717) is 6.54 Å². The van der Waals surface area contributed by atoms with Gasteiger partial charge in [0, 0.05) is 18.4 Å². The highest BCUT2D eigenvalue weighted by Crippen LogP contribution is 2.12. The minimum Gasteiger partial charge on any atom is -0.348 e. The molecule has 0 saturated heterocycles. The van der Waals surface area contributed by atoms with Crippen molar-refractivity contribution in [3.05, 3.63) is 53.9 Å². The molecule has 2 rings (SSSR count). The molecule has 0 radical (unpaired) electrons. The minimum absolute atomic E-state index is 0.172. The second-order valence-corrected chi connectivity index (χ2v) is 3.69. The van der Waals surface area contributed by atoms with Crippen LogP contribution in [0.4, 0.5) is 4.39 Å². The molecule has 1 aromatic heterocycles. The lowest BCUT2D eigenvalue weighted by Gasteiger charge is -2.13. The van der Waals surface area contributed by atoms with Crippen molar-refractivity contribution in [1.82, 2.24) is 15.3 Å². The number of rotatable bonds is 4. The smallest absolute Gasteiger partial charge is 0.123 e. The molecule has 84 valence electrons. The van der Waals surface area contributed by atoms with Crippen LogP contribution in [0.25, 0.3) is 0 Å². The van der Waals surface area contributed by atoms with E-state index in [1.165, 1.54) is 12.1 Å². The Bertz CT molecular complexity index is 422. The van der Waals surface area contributed by atoms with Gasteiger partial charge in [0.25, 0.3) is 0 Å². The Labute approximate surface area is 93.7 Å². The van der Waals surface area contributed by atoms with E-state index >= 15 is 0 Å². The summed E-state index contributed by atoms with van der Waals surface area (Å²) in [4.78, 5) is 7.14. The predicted octanol–water partition coefficient (Wildman–Crippen LogP) is 2.40. The van der Waals surface area contributed by atoms with Gasteiger partial charge in [-0.15, -0.1) is 0 Å². The topological polar surface area (TPSA) is 40.7 Å². The lowest BCUT2D eigenvalue weighted by Crippen LogP contribution is -2.18. The van der Waals surface area contributed by atoms with Crippen LogP contribution in [0.5, 0.6) is 0 Å². The molecule has 3 nitrogen and oxygen atoms in total. The van der Waals surface area contributed by atoms with Crippen LogP contribution in [0.1, 0.15) is 24.4 Å². The Morgan fingerprint density at radius 2 is 2.12 bits per heavy atom. The summed E-state index contributed by atoms with van der Waals surface area (Å²) >= 11 is 0. The number of hydrogen-bond donors (Lipinski definition) is 2. The number of hydrogen-bond acceptors (Lipinski definition) is 2. The van der Waals surface area contributed by atoms with Gasteiger partial charge >= 0.3 is 0 Å². The number of halogens is 1. The van der Waals surface area contributed by atoms with Crippen molar-refractivity contribution in [3.8, 4) is 0 Å². The van der Waals surface area contributed by atoms with E-state index in [0.717, 1.165) is 11.4 Å². The van der Waals surface area contributed by atoms with Crippen molar-refractivity contribution >= 4 is 0 Å². The first-order valence-electron chi connectivity index (χ1n) is 5.23. The van der Waals surface area contributed by atoms with Crippen molar-refractivity contribution in [2.75, 3.05) is 0 Å². The third-order valence-electron chi connectivity index (χ3n) is 2.50. The van der Waals surface area contributed by atoms with Crippen LogP contribution < -0.4 is 5.32 Å². The van der Waals surface area contributed by atoms with Gasteiger partial charge in [0.1, 0.15) is 11.6 Å². The number of aromatic amines is 1. The highest BCUT2D eigenvalue weighted by molar-refractivity contribution is 5.19. The van der Waals surface area contributed by atoms with Gasteiger partial charge in [-0.25, -0.2) is 9.37 Å². The number of benzene rings is 1. The predicted molar refractivity (Wildman–Crippen MR) is 60.2 cm³/mol. The van der Waals surface area contributed by atoms with Crippen molar-refractivity contribution < 1.29 is 4.39 Å². The molecule has 0 bridgehead atoms. The van der Waals surface area contributed by atoms with Crippen LogP contribution in [0.2, 0.25) is 0 Å². The lowest BCUT2D eigenvalue weighted by atomic mass is 10.1. The summed E-state index contributed by atoms with van der Waals surface area (Å²) in [5, 5.41) is 3.30. The average Bonchev–Trinajstić information content (AvgIpc) is 2.80. The molecule has 1 atom stereocenters. The van der Waals surface area contributed by atoms with Crippen LogP contribution in [0.15, 0.2) is 36.7 Å². The highest BCUT2D eigenvalue weighted by atomic mass is 19.1. The summed E-state index contributed by atoms with van der Waals surface area (Å²) in [5.74, 6) is 0.691. The molecule has 0 fully saturated rings. The number of nitrogens with one attached hydrogen (secondary N) is 2. The highest BCUT2D eigenvalue weighted by Gasteiger charge is 2.05. The third-order valence-corrected chi connectivity index (χ3v) is 2.50. The van der Waals surface area contributed by atoms with E-state index in [1.807, 2.05) is 6.92 Å². The normalized spacial score (nSPS) is 12.6. The number of imidazole rings is 1. The summed E-state index contributed by atoms with van der Waals surface area (Å²) in [7, 11) is 0. The molecule has 2 N–H and O–H groups in total. The number of aromatic nitrogens is 2. The first-order chi connectivity index (χ1) is 7.75. The molecule has 1 heterocycles. The molecule has 4 heteroatoms. The molecule has 0 aliphatic rings. The second kappa shape index (κ2) is 4.90. The zero-order valence-electron chi connectivity index (χ0n) is 9.07. The summed E-state index contributed by atoms with van der Waals surface area (Å²) in [6.07, 6.45) is 3.51. The van der Waals surface area contributed by atoms with Crippen LogP contribution in [0.3, 0.4) is 0 Å². The van der Waals surface area contributed by atoms with Crippen LogP contribution >= 0.6 is 0 Å². The zero-order chi connectivity index (χ0) is 11.4. The largest absolute Gasteiger partial charge is 0.348 e. The maximum atomic E-state index is 12.7. The Hall–Kier alpha value is -1.68. The van der Waals surface area contributed by atoms with E-state index in [9.17, 15) is 4.39 Å². The monoisotopic (exact) mass is 219 g/mol. The summed E-state index contributed by atoms with van der Waals surface area (Å²) in [6, 6.07) is 6.69. The van der Waals surface area contributed by atoms with Gasteiger partial charge in [-0.1, -0.05) is 12.1 Å². The molecule has 0 amide bonds. The van der Waals surface area contributed by atoms with Gasteiger partial charge in [0.15, 0.2) is 0 Å². The molecule has 0 spiro atoms. The molecular weight excluding hydrogens is 205 g/mol. The zero-order valence-corrected chi connectivity index (χ0v) is 9.07. The van der Waals surface area contributed by atoms with E-state index in [4.69, 9.17) is 0 Å². The molecule has 0 aliphatic heterocycles. The maximum Gasteiger partial charge on any atom is 0.123 e. The van der Waals surface area contributed by atoms with Gasteiger partial charge in [0.05, 0.1) is 6.54 Å². The van der Waals surface area contributed by atoms with Crippen molar-refractivity contribution in [2.24, 2.45) is 0 Å². The molecule has 16 heavy (non-hydrogen) atoms. The van der Waals surface area contributed by atoms with E-state index in [2.05, 4.69) is 15.3 Å². The Morgan fingerprint density at radius 1 is 1.38 bits per heavy atom. The fraction of sp³-hybridized carbons (Fsp3) is 0.250. The molecule has 0 unspecified atom stereocenters. The SMILES string of the molecule is C[C@@H](NCc1ncc[nH]1)c1ccc(F)cc1. The van der Waals surface area contributed by atoms with E-state index in [-0.39, 0.29) is 11.9 Å². The average molecular weight is 219 g/mol. The Kier molecular flexibility index (Phi) is 3.31. The summed E-state index contributed by atoms with van der Waals surface area (Å²) in [6.45, 7) is 2.71. The quantitative estimate of drug-likeness (QED) is 0.829. The molecule has 0 aliphatic carbocycles. The van der Waals surface area contributed by atoms with Gasteiger partial charge in [-0.2, -0.15) is 0 Å². The summed E-state index contributed by atoms with van der Waals surface area (Å²) in [5.41, 5.74) is 1.06. The van der Waals surface area contributed by atoms with Gasteiger partial charge < -0.3 is 10.3 Å². The van der Waals surface area contributed by atoms with Crippen molar-refractivity contribution in [2.45, 2.75) is 19.5 Å². The fourth-order valence-corrected chi connectivity index (χ4v) is 1.51. The minimum atomic E-state index is -0.206. The molecule has 2 aromatic rings. The van der Waals surface area contributed by atoms with E-state index < -0.39 is 0 Å².